The number of hydroxylamine groups is 3. The number of quaternary nitrogens is 1. The van der Waals surface area contributed by atoms with E-state index < -0.39 is 4.97 Å². The molecule has 0 saturated heterocycles. The molecule has 0 bridgehead atoms. The van der Waals surface area contributed by atoms with Crippen LogP contribution in [0.1, 0.15) is 148 Å². The van der Waals surface area contributed by atoms with E-state index in [2.05, 4.69) is 6.92 Å². The summed E-state index contributed by atoms with van der Waals surface area (Å²) in [6.07, 6.45) is 29.4. The molecule has 4 nitrogen and oxygen atoms in total. The summed E-state index contributed by atoms with van der Waals surface area (Å²) in [5, 5.41) is 26.2. The van der Waals surface area contributed by atoms with Gasteiger partial charge in [0, 0.05) is 6.42 Å². The number of unbranched alkanes of at least 4 members (excludes halogenated alkanes) is 21. The van der Waals surface area contributed by atoms with Crippen LogP contribution in [0.5, 0.6) is 0 Å². The van der Waals surface area contributed by atoms with Gasteiger partial charge in [-0.2, -0.15) is 0 Å². The Kier molecular flexibility index (Phi) is 21.4. The smallest absolute Gasteiger partial charge is 0.146 e. The predicted molar refractivity (Wildman–Crippen MR) is 118 cm³/mol. The van der Waals surface area contributed by atoms with Gasteiger partial charge in [0.25, 0.3) is 0 Å². The van der Waals surface area contributed by atoms with Gasteiger partial charge in [-0.15, -0.1) is 15.6 Å². The lowest BCUT2D eigenvalue weighted by Gasteiger charge is -2.10. The van der Waals surface area contributed by atoms with E-state index in [0.29, 0.717) is 6.42 Å². The molecule has 0 rings (SSSR count). The largest absolute Gasteiger partial charge is 0.177 e. The van der Waals surface area contributed by atoms with E-state index in [4.69, 9.17) is 15.6 Å². The molecule has 0 aliphatic rings. The lowest BCUT2D eigenvalue weighted by atomic mass is 10.0. The summed E-state index contributed by atoms with van der Waals surface area (Å²) >= 11 is 0. The van der Waals surface area contributed by atoms with Crippen LogP contribution >= 0.6 is 0 Å². The first-order valence-electron chi connectivity index (χ1n) is 12.6. The summed E-state index contributed by atoms with van der Waals surface area (Å²) in [5.41, 5.74) is 0. The highest BCUT2D eigenvalue weighted by molar-refractivity contribution is 4.51. The highest BCUT2D eigenvalue weighted by Crippen LogP contribution is 2.15. The Morgan fingerprint density at radius 1 is 0.357 bits per heavy atom. The number of rotatable bonds is 23. The zero-order valence-electron chi connectivity index (χ0n) is 19.1. The fourth-order valence-electron chi connectivity index (χ4n) is 3.93. The third-order valence-electron chi connectivity index (χ3n) is 5.81. The van der Waals surface area contributed by atoms with Gasteiger partial charge in [0.05, 0.1) is 4.97 Å². The molecule has 28 heavy (non-hydrogen) atoms. The molecule has 0 radical (unpaired) electrons. The van der Waals surface area contributed by atoms with Gasteiger partial charge in [-0.1, -0.05) is 135 Å². The molecule has 0 heterocycles. The van der Waals surface area contributed by atoms with Gasteiger partial charge in [0.2, 0.25) is 0 Å². The Labute approximate surface area is 175 Å². The molecular weight excluding hydrogens is 350 g/mol. The van der Waals surface area contributed by atoms with Crippen molar-refractivity contribution >= 4 is 0 Å². The molecule has 170 valence electrons. The molecule has 0 aliphatic heterocycles. The van der Waals surface area contributed by atoms with E-state index in [1.807, 2.05) is 0 Å². The highest BCUT2D eigenvalue weighted by atomic mass is 17.1. The van der Waals surface area contributed by atoms with Crippen molar-refractivity contribution in [1.29, 1.82) is 0 Å². The van der Waals surface area contributed by atoms with Crippen molar-refractivity contribution in [3.63, 3.8) is 0 Å². The summed E-state index contributed by atoms with van der Waals surface area (Å²) in [5.74, 6) is 0. The first-order valence-corrected chi connectivity index (χ1v) is 12.6. The topological polar surface area (TPSA) is 60.7 Å². The molecule has 4 heteroatoms. The fourth-order valence-corrected chi connectivity index (χ4v) is 3.93. The minimum Gasteiger partial charge on any atom is -0.146 e. The van der Waals surface area contributed by atoms with Crippen LogP contribution in [0.15, 0.2) is 0 Å². The van der Waals surface area contributed by atoms with Gasteiger partial charge in [-0.3, -0.25) is 0 Å². The maximum Gasteiger partial charge on any atom is 0.177 e. The summed E-state index contributed by atoms with van der Waals surface area (Å²) in [6.45, 7) is 2.28. The van der Waals surface area contributed by atoms with Gasteiger partial charge in [0.1, 0.15) is 0 Å². The fraction of sp³-hybridized carbons (Fsp3) is 1.00. The van der Waals surface area contributed by atoms with Crippen LogP contribution in [-0.2, 0) is 0 Å². The molecule has 0 spiro atoms. The van der Waals surface area contributed by atoms with E-state index in [1.165, 1.54) is 122 Å². The minimum atomic E-state index is -1.88. The second-order valence-electron chi connectivity index (χ2n) is 8.84. The van der Waals surface area contributed by atoms with Crippen molar-refractivity contribution in [2.24, 2.45) is 0 Å². The van der Waals surface area contributed by atoms with Gasteiger partial charge in [-0.05, 0) is 6.42 Å². The normalized spacial score (nSPS) is 12.0. The molecule has 0 amide bonds. The van der Waals surface area contributed by atoms with Crippen LogP contribution in [0, 0.1) is 0 Å². The maximum atomic E-state index is 8.73. The zero-order chi connectivity index (χ0) is 20.8. The van der Waals surface area contributed by atoms with E-state index in [1.54, 1.807) is 0 Å². The SMILES string of the molecule is CCCCCCCCCCCCCCCCCCCCCCCC[N+](O)(O)O. The standard InChI is InChI=1S/C24H52NO3/c1-2-3-4-5-6-7-8-9-10-11-12-13-14-15-16-17-18-19-20-21-22-23-24-25(26,27)28/h26-28H,2-24H2,1H3/q+1. The van der Waals surface area contributed by atoms with Crippen LogP contribution in [0.3, 0.4) is 0 Å². The molecule has 0 aliphatic carbocycles. The highest BCUT2D eigenvalue weighted by Gasteiger charge is 2.16. The van der Waals surface area contributed by atoms with Crippen LogP contribution < -0.4 is 0 Å². The molecule has 0 unspecified atom stereocenters. The Morgan fingerprint density at radius 2 is 0.571 bits per heavy atom. The lowest BCUT2D eigenvalue weighted by molar-refractivity contribution is -1.37. The van der Waals surface area contributed by atoms with Gasteiger partial charge >= 0.3 is 0 Å². The van der Waals surface area contributed by atoms with Crippen LogP contribution in [0.4, 0.5) is 0 Å². The monoisotopic (exact) mass is 402 g/mol. The summed E-state index contributed by atoms with van der Waals surface area (Å²) in [7, 11) is 0. The van der Waals surface area contributed by atoms with Gasteiger partial charge in [0.15, 0.2) is 6.54 Å². The first kappa shape index (κ1) is 27.8. The van der Waals surface area contributed by atoms with Crippen molar-refractivity contribution in [3.05, 3.63) is 0 Å². The van der Waals surface area contributed by atoms with Crippen LogP contribution in [-0.4, -0.2) is 27.1 Å². The van der Waals surface area contributed by atoms with Crippen molar-refractivity contribution in [1.82, 2.24) is 0 Å². The van der Waals surface area contributed by atoms with Crippen molar-refractivity contribution in [2.45, 2.75) is 148 Å². The number of hydrogen-bond donors (Lipinski definition) is 3. The Balaban J connectivity index is 3.01. The Bertz CT molecular complexity index is 292. The second kappa shape index (κ2) is 21.5. The van der Waals surface area contributed by atoms with E-state index in [-0.39, 0.29) is 6.54 Å². The molecule has 0 aromatic carbocycles. The van der Waals surface area contributed by atoms with E-state index >= 15 is 0 Å². The first-order chi connectivity index (χ1) is 13.6. The van der Waals surface area contributed by atoms with Crippen molar-refractivity contribution in [3.8, 4) is 0 Å². The average Bonchev–Trinajstić information content (AvgIpc) is 2.65. The lowest BCUT2D eigenvalue weighted by Crippen LogP contribution is -2.37. The summed E-state index contributed by atoms with van der Waals surface area (Å²) < 4.78 is 0. The number of hydrogen-bond acceptors (Lipinski definition) is 3. The molecule has 0 fully saturated rings. The predicted octanol–water partition coefficient (Wildman–Crippen LogP) is 8.57. The second-order valence-corrected chi connectivity index (χ2v) is 8.84. The molecule has 0 atom stereocenters. The molecule has 0 aromatic rings. The summed E-state index contributed by atoms with van der Waals surface area (Å²) in [4.78, 5) is -1.88. The number of nitrogens with zero attached hydrogens (tertiary/aromatic N) is 1. The van der Waals surface area contributed by atoms with Crippen molar-refractivity contribution < 1.29 is 20.6 Å². The molecule has 3 N–H and O–H groups in total. The minimum absolute atomic E-state index is 0.000868. The average molecular weight is 403 g/mol. The zero-order valence-corrected chi connectivity index (χ0v) is 19.1. The maximum absolute atomic E-state index is 8.73. The van der Waals surface area contributed by atoms with Crippen LogP contribution in [0.25, 0.3) is 0 Å². The summed E-state index contributed by atoms with van der Waals surface area (Å²) in [6, 6.07) is 0. The third-order valence-corrected chi connectivity index (χ3v) is 5.81. The van der Waals surface area contributed by atoms with Gasteiger partial charge < -0.3 is 0 Å². The quantitative estimate of drug-likeness (QED) is 0.0911. The Hall–Kier alpha value is -0.160. The molecule has 0 saturated carbocycles. The molecular formula is C24H52NO3+. The Morgan fingerprint density at radius 3 is 0.786 bits per heavy atom. The third kappa shape index (κ3) is 25.8. The van der Waals surface area contributed by atoms with E-state index in [9.17, 15) is 0 Å². The van der Waals surface area contributed by atoms with Crippen molar-refractivity contribution in [2.75, 3.05) is 6.54 Å². The molecule has 0 aromatic heterocycles. The van der Waals surface area contributed by atoms with E-state index in [0.717, 1.165) is 12.8 Å². The van der Waals surface area contributed by atoms with Crippen LogP contribution in [0.2, 0.25) is 0 Å². The van der Waals surface area contributed by atoms with Gasteiger partial charge in [-0.25, -0.2) is 0 Å².